The standard InChI is InChI=1S/2AsH3O4.3Ca.H3O4P/c2*2-1(3,4)5;;;;1-5(2,3)4/h2*(H3,2,3,4,5);;;;(H3,1,2,3,4)/q;;3*+2;/p-6. The first kappa shape index (κ1) is 38.1. The summed E-state index contributed by atoms with van der Waals surface area (Å²) in [5.74, 6) is 0. The predicted octanol–water partition coefficient (Wildman–Crippen LogP) is -10.2. The third kappa shape index (κ3) is 401. The molecule has 3 N–H and O–H groups in total. The van der Waals surface area contributed by atoms with Crippen LogP contribution in [0, 0.1) is 0 Å². The van der Waals surface area contributed by atoms with Crippen LogP contribution in [0.25, 0.3) is 0 Å². The fourth-order valence-corrected chi connectivity index (χ4v) is 0. The smallest absolute Gasteiger partial charge is 2.00 e. The summed E-state index contributed by atoms with van der Waals surface area (Å²) in [5.41, 5.74) is 0. The normalized spacial score (nSPS) is 9.83. The Kier molecular flexibility index (Phi) is 37.5. The van der Waals surface area contributed by atoms with Crippen LogP contribution in [0.3, 0.4) is 0 Å². The zero-order valence-electron chi connectivity index (χ0n) is 8.48. The SMILES string of the molecule is O=P(O)(O)O.O=[As]([O-])([O-])[O-].O=[As]([O-])([O-])[O-].[Ca+2].[Ca+2].[Ca+2]. The Morgan fingerprint density at radius 3 is 0.667 bits per heavy atom. The molecule has 0 aromatic carbocycles. The Morgan fingerprint density at radius 2 is 0.667 bits per heavy atom. The van der Waals surface area contributed by atoms with Gasteiger partial charge in [-0.15, -0.1) is 0 Å². The maximum Gasteiger partial charge on any atom is 2.00 e. The fraction of sp³-hybridized carbons (Fsp3) is 0. The van der Waals surface area contributed by atoms with E-state index in [1.54, 1.807) is 0 Å². The third-order valence-corrected chi connectivity index (χ3v) is 0. The average Bonchev–Trinajstić information content (AvgIpc) is 1.41. The van der Waals surface area contributed by atoms with E-state index in [2.05, 4.69) is 0 Å². The van der Waals surface area contributed by atoms with Gasteiger partial charge in [0.15, 0.2) is 0 Å². The van der Waals surface area contributed by atoms with Gasteiger partial charge in [-0.1, -0.05) is 0 Å². The maximum atomic E-state index is 8.88. The van der Waals surface area contributed by atoms with Crippen LogP contribution in [0.1, 0.15) is 0 Å². The van der Waals surface area contributed by atoms with E-state index in [9.17, 15) is 0 Å². The van der Waals surface area contributed by atoms with Crippen molar-refractivity contribution in [2.45, 2.75) is 0 Å². The molecule has 0 atom stereocenters. The van der Waals surface area contributed by atoms with Crippen LogP contribution in [-0.4, -0.2) is 157 Å². The molecule has 0 rings (SSSR count). The average molecular weight is 496 g/mol. The summed E-state index contributed by atoms with van der Waals surface area (Å²) in [5, 5.41) is 0. The Hall–Kier alpha value is 4.37. The first-order chi connectivity index (χ1) is 6.00. The zero-order valence-corrected chi connectivity index (χ0v) is 19.8. The molecule has 0 radical (unpaired) electrons. The van der Waals surface area contributed by atoms with Crippen LogP contribution in [0.15, 0.2) is 0 Å². The van der Waals surface area contributed by atoms with E-state index >= 15 is 0 Å². The molecule has 96 valence electrons. The van der Waals surface area contributed by atoms with Gasteiger partial charge in [-0.2, -0.15) is 0 Å². The summed E-state index contributed by atoms with van der Waals surface area (Å²) < 4.78 is 77.8. The molecular weight excluding hydrogens is 493 g/mol. The number of hydrogen-bond donors (Lipinski definition) is 3. The van der Waals surface area contributed by atoms with Gasteiger partial charge < -0.3 is 14.7 Å². The van der Waals surface area contributed by atoms with Gasteiger partial charge in [0.25, 0.3) is 0 Å². The molecule has 0 heterocycles. The quantitative estimate of drug-likeness (QED) is 0.209. The molecule has 0 fully saturated rings. The maximum absolute atomic E-state index is 8.88. The minimum absolute atomic E-state index is 0. The topological polar surface area (TPSA) is 250 Å². The van der Waals surface area contributed by atoms with Gasteiger partial charge in [0.1, 0.15) is 0 Å². The van der Waals surface area contributed by atoms with Gasteiger partial charge in [-0.25, -0.2) is 4.57 Å². The van der Waals surface area contributed by atoms with E-state index in [1.807, 2.05) is 0 Å². The summed E-state index contributed by atoms with van der Waals surface area (Å²) in [6.07, 6.45) is 0. The first-order valence-corrected chi connectivity index (χ1v) is 9.94. The third-order valence-electron chi connectivity index (χ3n) is 0. The predicted molar refractivity (Wildman–Crippen MR) is 44.4 cm³/mol. The van der Waals surface area contributed by atoms with Gasteiger partial charge in [0.05, 0.1) is 0 Å². The van der Waals surface area contributed by atoms with Crippen molar-refractivity contribution in [3.63, 3.8) is 0 Å². The molecule has 0 aliphatic rings. The van der Waals surface area contributed by atoms with E-state index in [0.717, 1.165) is 0 Å². The summed E-state index contributed by atoms with van der Waals surface area (Å²) in [6, 6.07) is 0. The second kappa shape index (κ2) is 17.7. The van der Waals surface area contributed by atoms with E-state index < -0.39 is 36.9 Å². The molecule has 0 amide bonds. The molecule has 0 saturated carbocycles. The first-order valence-electron chi connectivity index (χ1n) is 2.24. The number of hydrogen-bond acceptors (Lipinski definition) is 9. The second-order valence-electron chi connectivity index (χ2n) is 1.41. The molecule has 18 heavy (non-hydrogen) atoms. The van der Waals surface area contributed by atoms with E-state index in [4.69, 9.17) is 51.3 Å². The molecule has 12 nitrogen and oxygen atoms in total. The van der Waals surface area contributed by atoms with Crippen molar-refractivity contribution in [2.75, 3.05) is 0 Å². The summed E-state index contributed by atoms with van der Waals surface area (Å²) in [6.45, 7) is 0. The van der Waals surface area contributed by atoms with Gasteiger partial charge in [0.2, 0.25) is 0 Å². The summed E-state index contributed by atoms with van der Waals surface area (Å²) in [4.78, 5) is 21.6. The van der Waals surface area contributed by atoms with Crippen LogP contribution in [0.4, 0.5) is 0 Å². The van der Waals surface area contributed by atoms with Crippen LogP contribution in [0.5, 0.6) is 0 Å². The van der Waals surface area contributed by atoms with E-state index in [1.165, 1.54) is 0 Å². The van der Waals surface area contributed by atoms with E-state index in [0.29, 0.717) is 0 Å². The van der Waals surface area contributed by atoms with Crippen LogP contribution in [0.2, 0.25) is 0 Å². The summed E-state index contributed by atoms with van der Waals surface area (Å²) in [7, 11) is -4.64. The Balaban J connectivity index is -0.0000000277. The fourth-order valence-electron chi connectivity index (χ4n) is 0. The van der Waals surface area contributed by atoms with Crippen molar-refractivity contribution in [1.29, 1.82) is 0 Å². The molecule has 0 bridgehead atoms. The van der Waals surface area contributed by atoms with Gasteiger partial charge in [-0.3, -0.25) is 0 Å². The van der Waals surface area contributed by atoms with Crippen LogP contribution in [-0.2, 0) is 12.0 Å². The number of rotatable bonds is 0. The van der Waals surface area contributed by atoms with Crippen LogP contribution < -0.4 is 24.6 Å². The monoisotopic (exact) mass is 496 g/mol. The molecular formula is H3As2Ca3O12P. The Labute approximate surface area is 197 Å². The van der Waals surface area contributed by atoms with Crippen molar-refractivity contribution in [1.82, 2.24) is 0 Å². The minimum atomic E-state index is -5.88. The minimum Gasteiger partial charge on any atom is 2.00 e. The van der Waals surface area contributed by atoms with Crippen molar-refractivity contribution in [3.05, 3.63) is 0 Å². The second-order valence-corrected chi connectivity index (χ2v) is 6.19. The molecule has 0 saturated heterocycles. The van der Waals surface area contributed by atoms with Gasteiger partial charge in [-0.05, 0) is 0 Å². The molecule has 0 aromatic rings. The summed E-state index contributed by atoms with van der Waals surface area (Å²) >= 11 is -11.8. The molecule has 0 aliphatic heterocycles. The largest absolute Gasteiger partial charge is 2.00 e. The van der Waals surface area contributed by atoms with E-state index in [-0.39, 0.29) is 113 Å². The molecule has 18 heteroatoms. The Morgan fingerprint density at radius 1 is 0.667 bits per heavy atom. The molecule has 0 unspecified atom stereocenters. The molecule has 0 spiro atoms. The van der Waals surface area contributed by atoms with Crippen molar-refractivity contribution < 1.29 is 51.3 Å². The zero-order chi connectivity index (χ0) is 13.5. The molecule has 0 aromatic heterocycles. The Bertz CT molecular complexity index is 211. The molecule has 0 aliphatic carbocycles. The van der Waals surface area contributed by atoms with Crippen LogP contribution >= 0.6 is 7.82 Å². The van der Waals surface area contributed by atoms with Gasteiger partial charge in [0, 0.05) is 0 Å². The van der Waals surface area contributed by atoms with Gasteiger partial charge >= 0.3 is 182 Å². The van der Waals surface area contributed by atoms with Crippen molar-refractivity contribution >= 4 is 150 Å². The number of phosphoric acid groups is 1. The van der Waals surface area contributed by atoms with Crippen molar-refractivity contribution in [2.24, 2.45) is 0 Å². The van der Waals surface area contributed by atoms with Crippen molar-refractivity contribution in [3.8, 4) is 0 Å².